The number of rotatable bonds is 1. The zero-order valence-corrected chi connectivity index (χ0v) is 8.71. The molecule has 0 saturated heterocycles. The van der Waals surface area contributed by atoms with Crippen LogP contribution in [-0.4, -0.2) is 6.29 Å². The molecular formula is C9H4Cl2OS. The van der Waals surface area contributed by atoms with Gasteiger partial charge >= 0.3 is 0 Å². The van der Waals surface area contributed by atoms with Crippen molar-refractivity contribution in [3.63, 3.8) is 0 Å². The summed E-state index contributed by atoms with van der Waals surface area (Å²) in [4.78, 5) is 10.7. The Morgan fingerprint density at radius 2 is 2.08 bits per heavy atom. The van der Waals surface area contributed by atoms with Gasteiger partial charge < -0.3 is 0 Å². The van der Waals surface area contributed by atoms with Crippen LogP contribution in [0.4, 0.5) is 0 Å². The molecule has 1 aromatic heterocycles. The van der Waals surface area contributed by atoms with E-state index in [9.17, 15) is 4.79 Å². The van der Waals surface area contributed by atoms with Crippen molar-refractivity contribution in [1.82, 2.24) is 0 Å². The van der Waals surface area contributed by atoms with Crippen molar-refractivity contribution in [2.24, 2.45) is 0 Å². The zero-order valence-electron chi connectivity index (χ0n) is 6.38. The van der Waals surface area contributed by atoms with Crippen LogP contribution in [0.3, 0.4) is 0 Å². The molecule has 0 spiro atoms. The summed E-state index contributed by atoms with van der Waals surface area (Å²) in [6.07, 6.45) is 0.773. The number of carbonyl (C=O) groups is 1. The van der Waals surface area contributed by atoms with Crippen LogP contribution >= 0.6 is 34.5 Å². The molecule has 1 heterocycles. The number of halogens is 2. The fourth-order valence-electron chi connectivity index (χ4n) is 1.17. The Labute approximate surface area is 88.9 Å². The fraction of sp³-hybridized carbons (Fsp3) is 0. The summed E-state index contributed by atoms with van der Waals surface area (Å²) in [5, 5.41) is 1.53. The molecule has 0 N–H and O–H groups in total. The van der Waals surface area contributed by atoms with Gasteiger partial charge in [0.15, 0.2) is 6.29 Å². The second-order valence-corrected chi connectivity index (χ2v) is 4.64. The summed E-state index contributed by atoms with van der Waals surface area (Å²) in [7, 11) is 0. The summed E-state index contributed by atoms with van der Waals surface area (Å²) < 4.78 is 1.46. The van der Waals surface area contributed by atoms with Crippen molar-refractivity contribution in [3.05, 3.63) is 33.1 Å². The van der Waals surface area contributed by atoms with Gasteiger partial charge in [-0.05, 0) is 12.1 Å². The van der Waals surface area contributed by atoms with Crippen LogP contribution in [0.5, 0.6) is 0 Å². The Morgan fingerprint density at radius 3 is 2.77 bits per heavy atom. The van der Waals surface area contributed by atoms with Gasteiger partial charge in [-0.3, -0.25) is 4.79 Å². The second-order valence-electron chi connectivity index (χ2n) is 2.55. The van der Waals surface area contributed by atoms with Crippen LogP contribution in [-0.2, 0) is 0 Å². The maximum Gasteiger partial charge on any atom is 0.153 e. The Bertz CT molecular complexity index is 476. The molecule has 4 heteroatoms. The topological polar surface area (TPSA) is 17.1 Å². The number of thiophene rings is 1. The van der Waals surface area contributed by atoms with Gasteiger partial charge in [0.2, 0.25) is 0 Å². The largest absolute Gasteiger partial charge is 0.298 e. The molecule has 0 unspecified atom stereocenters. The lowest BCUT2D eigenvalue weighted by atomic mass is 10.2. The van der Waals surface area contributed by atoms with E-state index in [0.29, 0.717) is 14.9 Å². The maximum absolute atomic E-state index is 10.7. The number of hydrogen-bond donors (Lipinski definition) is 0. The van der Waals surface area contributed by atoms with E-state index < -0.39 is 0 Å². The van der Waals surface area contributed by atoms with Gasteiger partial charge in [0.05, 0.1) is 5.56 Å². The SMILES string of the molecule is O=Cc1c(Cl)sc2cc(Cl)ccc12. The highest BCUT2D eigenvalue weighted by Crippen LogP contribution is 2.35. The number of benzene rings is 1. The van der Waals surface area contributed by atoms with Gasteiger partial charge in [0, 0.05) is 15.1 Å². The molecule has 0 saturated carbocycles. The first kappa shape index (κ1) is 9.00. The normalized spacial score (nSPS) is 10.6. The number of aldehydes is 1. The highest BCUT2D eigenvalue weighted by atomic mass is 35.5. The Balaban J connectivity index is 2.86. The van der Waals surface area contributed by atoms with Crippen molar-refractivity contribution in [1.29, 1.82) is 0 Å². The molecule has 2 aromatic rings. The average molecular weight is 231 g/mol. The standard InChI is InChI=1S/C9H4Cl2OS/c10-5-1-2-6-7(4-12)9(11)13-8(6)3-5/h1-4H. The van der Waals surface area contributed by atoms with Crippen LogP contribution < -0.4 is 0 Å². The monoisotopic (exact) mass is 230 g/mol. The molecule has 1 aromatic carbocycles. The van der Waals surface area contributed by atoms with E-state index >= 15 is 0 Å². The first-order valence-corrected chi connectivity index (χ1v) is 5.12. The van der Waals surface area contributed by atoms with Crippen molar-refractivity contribution in [3.8, 4) is 0 Å². The van der Waals surface area contributed by atoms with Crippen LogP contribution in [0.1, 0.15) is 10.4 Å². The van der Waals surface area contributed by atoms with E-state index in [1.54, 1.807) is 12.1 Å². The minimum Gasteiger partial charge on any atom is -0.298 e. The molecular weight excluding hydrogens is 227 g/mol. The summed E-state index contributed by atoms with van der Waals surface area (Å²) in [5.41, 5.74) is 0.554. The molecule has 0 aliphatic rings. The number of hydrogen-bond acceptors (Lipinski definition) is 2. The van der Waals surface area contributed by atoms with Crippen molar-refractivity contribution >= 4 is 50.9 Å². The fourth-order valence-corrected chi connectivity index (χ4v) is 2.74. The molecule has 0 amide bonds. The van der Waals surface area contributed by atoms with Crippen molar-refractivity contribution in [2.75, 3.05) is 0 Å². The molecule has 0 atom stereocenters. The smallest absolute Gasteiger partial charge is 0.153 e. The summed E-state index contributed by atoms with van der Waals surface area (Å²) >= 11 is 13.0. The van der Waals surface area contributed by atoms with E-state index in [2.05, 4.69) is 0 Å². The zero-order chi connectivity index (χ0) is 9.42. The highest BCUT2D eigenvalue weighted by Gasteiger charge is 2.09. The van der Waals surface area contributed by atoms with Gasteiger partial charge in [-0.2, -0.15) is 0 Å². The molecule has 0 fully saturated rings. The maximum atomic E-state index is 10.7. The Kier molecular flexibility index (Phi) is 2.28. The minimum atomic E-state index is 0.521. The van der Waals surface area contributed by atoms with Gasteiger partial charge in [-0.25, -0.2) is 0 Å². The van der Waals surface area contributed by atoms with Crippen molar-refractivity contribution in [2.45, 2.75) is 0 Å². The molecule has 0 radical (unpaired) electrons. The first-order chi connectivity index (χ1) is 6.22. The molecule has 0 aliphatic carbocycles. The van der Waals surface area contributed by atoms with Crippen molar-refractivity contribution < 1.29 is 4.79 Å². The van der Waals surface area contributed by atoms with Gasteiger partial charge in [0.1, 0.15) is 4.34 Å². The third kappa shape index (κ3) is 1.46. The molecule has 66 valence electrons. The Morgan fingerprint density at radius 1 is 1.31 bits per heavy atom. The lowest BCUT2D eigenvalue weighted by Crippen LogP contribution is -1.75. The summed E-state index contributed by atoms with van der Waals surface area (Å²) in [6, 6.07) is 5.37. The van der Waals surface area contributed by atoms with E-state index in [1.165, 1.54) is 11.3 Å². The predicted molar refractivity (Wildman–Crippen MR) is 57.2 cm³/mol. The number of fused-ring (bicyclic) bond motifs is 1. The molecule has 0 aliphatic heterocycles. The van der Waals surface area contributed by atoms with E-state index in [0.717, 1.165) is 16.4 Å². The Hall–Kier alpha value is -0.570. The van der Waals surface area contributed by atoms with E-state index in [-0.39, 0.29) is 0 Å². The predicted octanol–water partition coefficient (Wildman–Crippen LogP) is 4.02. The lowest BCUT2D eigenvalue weighted by molar-refractivity contribution is 0.112. The highest BCUT2D eigenvalue weighted by molar-refractivity contribution is 7.23. The summed E-state index contributed by atoms with van der Waals surface area (Å²) in [5.74, 6) is 0. The average Bonchev–Trinajstić information content (AvgIpc) is 2.39. The van der Waals surface area contributed by atoms with Gasteiger partial charge in [0.25, 0.3) is 0 Å². The van der Waals surface area contributed by atoms with Crippen LogP contribution in [0.25, 0.3) is 10.1 Å². The minimum absolute atomic E-state index is 0.521. The van der Waals surface area contributed by atoms with Gasteiger partial charge in [-0.15, -0.1) is 11.3 Å². The lowest BCUT2D eigenvalue weighted by Gasteiger charge is -1.90. The summed E-state index contributed by atoms with van der Waals surface area (Å²) in [6.45, 7) is 0. The first-order valence-electron chi connectivity index (χ1n) is 3.55. The van der Waals surface area contributed by atoms with Gasteiger partial charge in [-0.1, -0.05) is 29.3 Å². The van der Waals surface area contributed by atoms with Crippen LogP contribution in [0.2, 0.25) is 9.36 Å². The quantitative estimate of drug-likeness (QED) is 0.677. The van der Waals surface area contributed by atoms with Crippen LogP contribution in [0.15, 0.2) is 18.2 Å². The van der Waals surface area contributed by atoms with E-state index in [1.807, 2.05) is 6.07 Å². The molecule has 13 heavy (non-hydrogen) atoms. The third-order valence-electron chi connectivity index (χ3n) is 1.76. The van der Waals surface area contributed by atoms with Crippen LogP contribution in [0, 0.1) is 0 Å². The molecule has 2 rings (SSSR count). The second kappa shape index (κ2) is 3.29. The molecule has 0 bridgehead atoms. The molecule has 1 nitrogen and oxygen atoms in total. The number of carbonyl (C=O) groups excluding carboxylic acids is 1. The third-order valence-corrected chi connectivity index (χ3v) is 3.39. The van der Waals surface area contributed by atoms with E-state index in [4.69, 9.17) is 23.2 Å².